The minimum atomic E-state index is -4.30. The molecule has 0 aliphatic carbocycles. The number of benzene rings is 1. The molecular weight excluding hydrogens is 301 g/mol. The number of nitrogen functional groups attached to an aromatic ring is 2. The van der Waals surface area contributed by atoms with Gasteiger partial charge in [0.2, 0.25) is 0 Å². The summed E-state index contributed by atoms with van der Waals surface area (Å²) in [6, 6.07) is 5.90. The monoisotopic (exact) mass is 316 g/mol. The van der Waals surface area contributed by atoms with E-state index in [1.807, 2.05) is 6.92 Å². The number of nitrogens with two attached hydrogens (primary N) is 2. The number of rotatable bonds is 4. The normalized spacial score (nSPS) is 11.8. The lowest BCUT2D eigenvalue weighted by Gasteiger charge is -2.06. The molecule has 1 heterocycles. The molecule has 0 saturated carbocycles. The Bertz CT molecular complexity index is 620. The molecular formula is C13H15F3N4S. The lowest BCUT2D eigenvalue weighted by atomic mass is 10.1. The molecule has 8 heteroatoms. The first-order chi connectivity index (χ1) is 9.81. The standard InChI is InChI=1S/C13H15F3N4S/c1-2-3-10-19-11(12(17)20(10)18)8-4-6-9(7-5-8)21-13(14,15)16/h4-7H,2-3,17-18H2,1H3. The highest BCUT2D eigenvalue weighted by Crippen LogP contribution is 2.37. The Kier molecular flexibility index (Phi) is 4.36. The van der Waals surface area contributed by atoms with E-state index in [1.54, 1.807) is 12.1 Å². The maximum atomic E-state index is 12.3. The fraction of sp³-hybridized carbons (Fsp3) is 0.308. The Balaban J connectivity index is 2.29. The van der Waals surface area contributed by atoms with E-state index in [0.29, 0.717) is 29.3 Å². The van der Waals surface area contributed by atoms with E-state index in [9.17, 15) is 13.2 Å². The van der Waals surface area contributed by atoms with Crippen LogP contribution in [0.25, 0.3) is 11.3 Å². The smallest absolute Gasteiger partial charge is 0.382 e. The Labute approximate surface area is 124 Å². The van der Waals surface area contributed by atoms with E-state index < -0.39 is 5.51 Å². The number of nitrogens with zero attached hydrogens (tertiary/aromatic N) is 2. The van der Waals surface area contributed by atoms with E-state index >= 15 is 0 Å². The third kappa shape index (κ3) is 3.63. The first-order valence-corrected chi connectivity index (χ1v) is 7.12. The molecule has 1 aromatic heterocycles. The van der Waals surface area contributed by atoms with Crippen molar-refractivity contribution in [3.63, 3.8) is 0 Å². The molecule has 0 aliphatic heterocycles. The molecule has 0 fully saturated rings. The predicted octanol–water partition coefficient (Wildman–Crippen LogP) is 3.41. The average Bonchev–Trinajstić information content (AvgIpc) is 2.67. The average molecular weight is 316 g/mol. The quantitative estimate of drug-likeness (QED) is 0.670. The Morgan fingerprint density at radius 2 is 1.86 bits per heavy atom. The Morgan fingerprint density at radius 1 is 1.24 bits per heavy atom. The van der Waals surface area contributed by atoms with Gasteiger partial charge in [0.25, 0.3) is 0 Å². The van der Waals surface area contributed by atoms with Gasteiger partial charge in [0.15, 0.2) is 5.82 Å². The van der Waals surface area contributed by atoms with Gasteiger partial charge in [-0.15, -0.1) is 0 Å². The van der Waals surface area contributed by atoms with Crippen LogP contribution >= 0.6 is 11.8 Å². The second-order valence-electron chi connectivity index (χ2n) is 4.45. The summed E-state index contributed by atoms with van der Waals surface area (Å²) < 4.78 is 38.2. The van der Waals surface area contributed by atoms with Gasteiger partial charge in [0, 0.05) is 16.9 Å². The molecule has 0 spiro atoms. The van der Waals surface area contributed by atoms with Gasteiger partial charge in [-0.2, -0.15) is 13.2 Å². The van der Waals surface area contributed by atoms with Crippen LogP contribution in [0.5, 0.6) is 0 Å². The van der Waals surface area contributed by atoms with E-state index in [2.05, 4.69) is 4.98 Å². The summed E-state index contributed by atoms with van der Waals surface area (Å²) in [5.41, 5.74) is 2.73. The summed E-state index contributed by atoms with van der Waals surface area (Å²) in [6.07, 6.45) is 1.55. The van der Waals surface area contributed by atoms with E-state index in [1.165, 1.54) is 16.8 Å². The largest absolute Gasteiger partial charge is 0.446 e. The van der Waals surface area contributed by atoms with Gasteiger partial charge in [-0.3, -0.25) is 0 Å². The van der Waals surface area contributed by atoms with Crippen molar-refractivity contribution in [2.45, 2.75) is 30.2 Å². The zero-order valence-corrected chi connectivity index (χ0v) is 12.1. The number of aryl methyl sites for hydroxylation is 1. The third-order valence-electron chi connectivity index (χ3n) is 2.86. The molecule has 114 valence electrons. The van der Waals surface area contributed by atoms with Crippen LogP contribution in [0.4, 0.5) is 19.0 Å². The number of aromatic nitrogens is 2. The van der Waals surface area contributed by atoms with Crippen molar-refractivity contribution in [1.29, 1.82) is 0 Å². The van der Waals surface area contributed by atoms with Crippen molar-refractivity contribution in [3.05, 3.63) is 30.1 Å². The minimum absolute atomic E-state index is 0.116. The third-order valence-corrected chi connectivity index (χ3v) is 3.60. The number of hydrogen-bond donors (Lipinski definition) is 2. The van der Waals surface area contributed by atoms with Gasteiger partial charge in [0.1, 0.15) is 11.5 Å². The van der Waals surface area contributed by atoms with Gasteiger partial charge in [-0.25, -0.2) is 9.66 Å². The van der Waals surface area contributed by atoms with Gasteiger partial charge in [-0.1, -0.05) is 19.1 Å². The fourth-order valence-corrected chi connectivity index (χ4v) is 2.46. The van der Waals surface area contributed by atoms with Crippen LogP contribution in [0.1, 0.15) is 19.2 Å². The van der Waals surface area contributed by atoms with Crippen molar-refractivity contribution in [1.82, 2.24) is 9.66 Å². The zero-order valence-electron chi connectivity index (χ0n) is 11.3. The van der Waals surface area contributed by atoms with E-state index in [-0.39, 0.29) is 16.7 Å². The van der Waals surface area contributed by atoms with Gasteiger partial charge in [-0.05, 0) is 30.3 Å². The summed E-state index contributed by atoms with van der Waals surface area (Å²) in [6.45, 7) is 1.99. The van der Waals surface area contributed by atoms with Gasteiger partial charge < -0.3 is 11.6 Å². The number of anilines is 1. The molecule has 0 amide bonds. The molecule has 0 saturated heterocycles. The molecule has 0 atom stereocenters. The van der Waals surface area contributed by atoms with Crippen molar-refractivity contribution >= 4 is 17.6 Å². The van der Waals surface area contributed by atoms with Gasteiger partial charge >= 0.3 is 5.51 Å². The number of thioether (sulfide) groups is 1. The van der Waals surface area contributed by atoms with Crippen LogP contribution in [0.15, 0.2) is 29.2 Å². The Hall–Kier alpha value is -1.83. The molecule has 0 bridgehead atoms. The van der Waals surface area contributed by atoms with Crippen molar-refractivity contribution in [3.8, 4) is 11.3 Å². The first-order valence-electron chi connectivity index (χ1n) is 6.30. The maximum Gasteiger partial charge on any atom is 0.446 e. The minimum Gasteiger partial charge on any atom is -0.382 e. The molecule has 0 radical (unpaired) electrons. The SMILES string of the molecule is CCCc1nc(-c2ccc(SC(F)(F)F)cc2)c(N)n1N. The lowest BCUT2D eigenvalue weighted by molar-refractivity contribution is -0.0328. The predicted molar refractivity (Wildman–Crippen MR) is 78.1 cm³/mol. The molecule has 0 unspecified atom stereocenters. The maximum absolute atomic E-state index is 12.3. The van der Waals surface area contributed by atoms with E-state index in [4.69, 9.17) is 11.6 Å². The number of alkyl halides is 3. The second kappa shape index (κ2) is 5.88. The Morgan fingerprint density at radius 3 is 2.38 bits per heavy atom. The molecule has 4 nitrogen and oxygen atoms in total. The van der Waals surface area contributed by atoms with E-state index in [0.717, 1.165) is 6.42 Å². The summed E-state index contributed by atoms with van der Waals surface area (Å²) in [5.74, 6) is 6.77. The summed E-state index contributed by atoms with van der Waals surface area (Å²) in [5, 5.41) is 0. The highest BCUT2D eigenvalue weighted by Gasteiger charge is 2.29. The van der Waals surface area contributed by atoms with Crippen molar-refractivity contribution < 1.29 is 13.2 Å². The zero-order chi connectivity index (χ0) is 15.6. The summed E-state index contributed by atoms with van der Waals surface area (Å²) in [4.78, 5) is 4.47. The highest BCUT2D eigenvalue weighted by atomic mass is 32.2. The lowest BCUT2D eigenvalue weighted by Crippen LogP contribution is -2.15. The van der Waals surface area contributed by atoms with Crippen LogP contribution in [-0.4, -0.2) is 15.2 Å². The molecule has 2 aromatic rings. The summed E-state index contributed by atoms with van der Waals surface area (Å²) in [7, 11) is 0. The van der Waals surface area contributed by atoms with Crippen LogP contribution < -0.4 is 11.6 Å². The molecule has 21 heavy (non-hydrogen) atoms. The fourth-order valence-electron chi connectivity index (χ4n) is 1.92. The highest BCUT2D eigenvalue weighted by molar-refractivity contribution is 8.00. The molecule has 0 aliphatic rings. The van der Waals surface area contributed by atoms with Crippen LogP contribution in [0.3, 0.4) is 0 Å². The van der Waals surface area contributed by atoms with Crippen molar-refractivity contribution in [2.24, 2.45) is 0 Å². The van der Waals surface area contributed by atoms with Crippen LogP contribution in [0, 0.1) is 0 Å². The molecule has 1 aromatic carbocycles. The van der Waals surface area contributed by atoms with Crippen LogP contribution in [0.2, 0.25) is 0 Å². The first kappa shape index (κ1) is 15.6. The molecule has 4 N–H and O–H groups in total. The molecule has 2 rings (SSSR count). The van der Waals surface area contributed by atoms with Gasteiger partial charge in [0.05, 0.1) is 0 Å². The number of halogens is 3. The topological polar surface area (TPSA) is 69.9 Å². The van der Waals surface area contributed by atoms with Crippen molar-refractivity contribution in [2.75, 3.05) is 11.6 Å². The second-order valence-corrected chi connectivity index (χ2v) is 5.59. The number of imidazole rings is 1. The number of hydrogen-bond acceptors (Lipinski definition) is 4. The van der Waals surface area contributed by atoms with Crippen LogP contribution in [-0.2, 0) is 6.42 Å². The summed E-state index contributed by atoms with van der Waals surface area (Å²) >= 11 is -0.156.